The van der Waals surface area contributed by atoms with Crippen LogP contribution in [-0.2, 0) is 0 Å². The van der Waals surface area contributed by atoms with Crippen molar-refractivity contribution in [2.45, 2.75) is 85.7 Å². The second-order valence-electron chi connectivity index (χ2n) is 8.34. The summed E-state index contributed by atoms with van der Waals surface area (Å²) in [5.41, 5.74) is 1.80. The summed E-state index contributed by atoms with van der Waals surface area (Å²) in [6, 6.07) is 0.413. The first kappa shape index (κ1) is 16.8. The van der Waals surface area contributed by atoms with Crippen molar-refractivity contribution >= 4 is 0 Å². The van der Waals surface area contributed by atoms with Crippen LogP contribution in [-0.4, -0.2) is 11.6 Å². The zero-order valence-corrected chi connectivity index (χ0v) is 14.3. The molecule has 0 amide bonds. The lowest BCUT2D eigenvalue weighted by atomic mass is 9.68. The largest absolute Gasteiger partial charge is 0.305 e. The van der Waals surface area contributed by atoms with Gasteiger partial charge in [0.2, 0.25) is 0 Å². The molecular formula is C18H35N. The van der Waals surface area contributed by atoms with E-state index in [0.717, 1.165) is 5.92 Å². The smallest absolute Gasteiger partial charge is 0.0309 e. The lowest BCUT2D eigenvalue weighted by Gasteiger charge is -2.42. The third-order valence-corrected chi connectivity index (χ3v) is 4.83. The van der Waals surface area contributed by atoms with E-state index in [2.05, 4.69) is 60.4 Å². The molecule has 19 heavy (non-hydrogen) atoms. The summed E-state index contributed by atoms with van der Waals surface area (Å²) >= 11 is 0. The van der Waals surface area contributed by atoms with E-state index < -0.39 is 0 Å². The summed E-state index contributed by atoms with van der Waals surface area (Å²) in [5.74, 6) is 1.41. The fourth-order valence-corrected chi connectivity index (χ4v) is 3.43. The van der Waals surface area contributed by atoms with Gasteiger partial charge < -0.3 is 5.32 Å². The Morgan fingerprint density at radius 2 is 1.53 bits per heavy atom. The molecule has 1 rings (SSSR count). The molecule has 1 nitrogen and oxygen atoms in total. The molecular weight excluding hydrogens is 230 g/mol. The molecule has 0 aromatic heterocycles. The lowest BCUT2D eigenvalue weighted by Crippen LogP contribution is -2.50. The van der Waals surface area contributed by atoms with Crippen LogP contribution in [0, 0.1) is 17.3 Å². The van der Waals surface area contributed by atoms with Crippen molar-refractivity contribution in [1.82, 2.24) is 5.32 Å². The van der Waals surface area contributed by atoms with Crippen molar-refractivity contribution in [1.29, 1.82) is 0 Å². The molecule has 1 heteroatoms. The first-order chi connectivity index (χ1) is 8.55. The van der Waals surface area contributed by atoms with E-state index in [1.807, 2.05) is 0 Å². The van der Waals surface area contributed by atoms with Gasteiger partial charge in [-0.1, -0.05) is 52.7 Å². The molecule has 1 N–H and O–H groups in total. The van der Waals surface area contributed by atoms with E-state index in [4.69, 9.17) is 0 Å². The number of rotatable bonds is 5. The lowest BCUT2D eigenvalue weighted by molar-refractivity contribution is 0.222. The van der Waals surface area contributed by atoms with Crippen molar-refractivity contribution in [3.05, 3.63) is 12.2 Å². The molecule has 112 valence electrons. The maximum Gasteiger partial charge on any atom is 0.0309 e. The van der Waals surface area contributed by atoms with E-state index in [9.17, 15) is 0 Å². The Balaban J connectivity index is 2.86. The first-order valence-corrected chi connectivity index (χ1v) is 8.02. The average molecular weight is 265 g/mol. The van der Waals surface area contributed by atoms with Gasteiger partial charge in [-0.15, -0.1) is 0 Å². The molecule has 0 bridgehead atoms. The van der Waals surface area contributed by atoms with Crippen molar-refractivity contribution < 1.29 is 0 Å². The Labute approximate surface area is 121 Å². The highest BCUT2D eigenvalue weighted by Gasteiger charge is 2.38. The van der Waals surface area contributed by atoms with Crippen LogP contribution in [0.5, 0.6) is 0 Å². The van der Waals surface area contributed by atoms with Crippen LogP contribution in [0.4, 0.5) is 0 Å². The van der Waals surface area contributed by atoms with Gasteiger partial charge >= 0.3 is 0 Å². The second-order valence-corrected chi connectivity index (χ2v) is 8.34. The van der Waals surface area contributed by atoms with Crippen LogP contribution in [0.25, 0.3) is 0 Å². The fraction of sp³-hybridized carbons (Fsp3) is 0.889. The predicted molar refractivity (Wildman–Crippen MR) is 86.4 cm³/mol. The summed E-state index contributed by atoms with van der Waals surface area (Å²) in [4.78, 5) is 0. The van der Waals surface area contributed by atoms with Crippen molar-refractivity contribution in [3.8, 4) is 0 Å². The Kier molecular flexibility index (Phi) is 5.28. The fourth-order valence-electron chi connectivity index (χ4n) is 3.43. The van der Waals surface area contributed by atoms with Gasteiger partial charge in [0.15, 0.2) is 0 Å². The third kappa shape index (κ3) is 4.34. The zero-order valence-electron chi connectivity index (χ0n) is 14.3. The molecule has 1 aliphatic rings. The molecule has 0 spiro atoms. The van der Waals surface area contributed by atoms with Crippen LogP contribution in [0.2, 0.25) is 0 Å². The monoisotopic (exact) mass is 265 g/mol. The van der Waals surface area contributed by atoms with Crippen LogP contribution < -0.4 is 5.32 Å². The second kappa shape index (κ2) is 5.99. The average Bonchev–Trinajstić information content (AvgIpc) is 2.77. The van der Waals surface area contributed by atoms with E-state index in [0.29, 0.717) is 12.0 Å². The summed E-state index contributed by atoms with van der Waals surface area (Å²) in [6.07, 6.45) is 5.57. The molecule has 0 heterocycles. The van der Waals surface area contributed by atoms with Gasteiger partial charge in [0.05, 0.1) is 0 Å². The predicted octanol–water partition coefficient (Wildman–Crippen LogP) is 5.17. The Bertz CT molecular complexity index is 300. The van der Waals surface area contributed by atoms with Crippen LogP contribution in [0.15, 0.2) is 12.2 Å². The van der Waals surface area contributed by atoms with Gasteiger partial charge in [0, 0.05) is 11.6 Å². The quantitative estimate of drug-likeness (QED) is 0.676. The van der Waals surface area contributed by atoms with Gasteiger partial charge in [0.25, 0.3) is 0 Å². The van der Waals surface area contributed by atoms with Gasteiger partial charge in [-0.05, 0) is 50.9 Å². The van der Waals surface area contributed by atoms with Crippen molar-refractivity contribution in [2.75, 3.05) is 0 Å². The molecule has 0 radical (unpaired) electrons. The topological polar surface area (TPSA) is 12.0 Å². The Morgan fingerprint density at radius 1 is 1.05 bits per heavy atom. The normalized spacial score (nSPS) is 20.0. The van der Waals surface area contributed by atoms with Gasteiger partial charge in [-0.3, -0.25) is 0 Å². The summed E-state index contributed by atoms with van der Waals surface area (Å²) in [5, 5.41) is 3.79. The van der Waals surface area contributed by atoms with Crippen molar-refractivity contribution in [3.63, 3.8) is 0 Å². The SMILES string of the molecule is C=C(C(NC(C)(C)C)C(C)C)C(C)(C)C1CCCC1. The Morgan fingerprint density at radius 3 is 1.89 bits per heavy atom. The van der Waals surface area contributed by atoms with E-state index >= 15 is 0 Å². The maximum atomic E-state index is 4.51. The van der Waals surface area contributed by atoms with E-state index in [1.165, 1.54) is 31.3 Å². The number of hydrogen-bond acceptors (Lipinski definition) is 1. The van der Waals surface area contributed by atoms with E-state index in [-0.39, 0.29) is 11.0 Å². The third-order valence-electron chi connectivity index (χ3n) is 4.83. The maximum absolute atomic E-state index is 4.51. The van der Waals surface area contributed by atoms with Gasteiger partial charge in [-0.25, -0.2) is 0 Å². The molecule has 1 fully saturated rings. The molecule has 1 unspecified atom stereocenters. The molecule has 0 aliphatic heterocycles. The highest BCUT2D eigenvalue weighted by atomic mass is 15.0. The van der Waals surface area contributed by atoms with Crippen LogP contribution >= 0.6 is 0 Å². The number of hydrogen-bond donors (Lipinski definition) is 1. The molecule has 1 atom stereocenters. The summed E-state index contributed by atoms with van der Waals surface area (Å²) in [6.45, 7) is 20.7. The molecule has 0 saturated heterocycles. The zero-order chi connectivity index (χ0) is 14.8. The van der Waals surface area contributed by atoms with E-state index in [1.54, 1.807) is 0 Å². The molecule has 1 aliphatic carbocycles. The molecule has 0 aromatic carbocycles. The summed E-state index contributed by atoms with van der Waals surface area (Å²) < 4.78 is 0. The minimum atomic E-state index is 0.142. The van der Waals surface area contributed by atoms with Crippen LogP contribution in [0.1, 0.15) is 74.1 Å². The highest BCUT2D eigenvalue weighted by molar-refractivity contribution is 5.19. The van der Waals surface area contributed by atoms with Gasteiger partial charge in [-0.2, -0.15) is 0 Å². The standard InChI is InChI=1S/C18H35N/c1-13(2)16(19-17(4,5)6)14(3)18(7,8)15-11-9-10-12-15/h13,15-16,19H,3,9-12H2,1-2,4-8H3. The van der Waals surface area contributed by atoms with Crippen molar-refractivity contribution in [2.24, 2.45) is 17.3 Å². The highest BCUT2D eigenvalue weighted by Crippen LogP contribution is 2.45. The number of nitrogens with one attached hydrogen (secondary N) is 1. The minimum absolute atomic E-state index is 0.142. The Hall–Kier alpha value is -0.300. The van der Waals surface area contributed by atoms with Gasteiger partial charge in [0.1, 0.15) is 0 Å². The summed E-state index contributed by atoms with van der Waals surface area (Å²) in [7, 11) is 0. The molecule has 1 saturated carbocycles. The first-order valence-electron chi connectivity index (χ1n) is 8.02. The minimum Gasteiger partial charge on any atom is -0.305 e. The molecule has 0 aromatic rings. The van der Waals surface area contributed by atoms with Crippen LogP contribution in [0.3, 0.4) is 0 Å².